The van der Waals surface area contributed by atoms with E-state index in [4.69, 9.17) is 11.6 Å². The molecule has 0 bridgehead atoms. The van der Waals surface area contributed by atoms with Gasteiger partial charge in [-0.3, -0.25) is 10.1 Å². The number of halogens is 3. The van der Waals surface area contributed by atoms with Crippen LogP contribution in [0.15, 0.2) is 10.5 Å². The molecular formula is C11H11BrClFN2O5. The van der Waals surface area contributed by atoms with Crippen LogP contribution >= 0.6 is 27.5 Å². The van der Waals surface area contributed by atoms with Crippen LogP contribution in [0.5, 0.6) is 0 Å². The molecule has 21 heavy (non-hydrogen) atoms. The number of methoxy groups -OCH3 is 1. The van der Waals surface area contributed by atoms with Crippen molar-refractivity contribution in [2.75, 3.05) is 24.9 Å². The van der Waals surface area contributed by atoms with Crippen molar-refractivity contribution in [2.24, 2.45) is 0 Å². The predicted octanol–water partition coefficient (Wildman–Crippen LogP) is 2.29. The highest BCUT2D eigenvalue weighted by molar-refractivity contribution is 9.10. The molecule has 116 valence electrons. The van der Waals surface area contributed by atoms with E-state index >= 15 is 0 Å². The maximum absolute atomic E-state index is 14.1. The second-order valence-corrected chi connectivity index (χ2v) is 5.04. The van der Waals surface area contributed by atoms with Crippen LogP contribution in [0.3, 0.4) is 0 Å². The van der Waals surface area contributed by atoms with Crippen LogP contribution in [0, 0.1) is 15.9 Å². The van der Waals surface area contributed by atoms with E-state index in [-0.39, 0.29) is 22.6 Å². The molecule has 7 nitrogen and oxygen atoms in total. The number of carbonyl (C=O) groups excluding carboxylic acids is 1. The van der Waals surface area contributed by atoms with Gasteiger partial charge in [0, 0.05) is 12.6 Å². The molecule has 0 radical (unpaired) electrons. The van der Waals surface area contributed by atoms with Crippen LogP contribution in [-0.2, 0) is 4.74 Å². The maximum Gasteiger partial charge on any atom is 0.343 e. The first-order valence-corrected chi connectivity index (χ1v) is 6.88. The van der Waals surface area contributed by atoms with Gasteiger partial charge in [-0.25, -0.2) is 9.18 Å². The zero-order valence-electron chi connectivity index (χ0n) is 10.7. The molecule has 1 unspecified atom stereocenters. The van der Waals surface area contributed by atoms with E-state index in [1.165, 1.54) is 0 Å². The van der Waals surface area contributed by atoms with Crippen molar-refractivity contribution in [3.05, 3.63) is 32.0 Å². The number of anilines is 1. The van der Waals surface area contributed by atoms with E-state index in [9.17, 15) is 24.4 Å². The van der Waals surface area contributed by atoms with Crippen LogP contribution in [0.4, 0.5) is 15.8 Å². The third-order valence-electron chi connectivity index (χ3n) is 2.48. The molecule has 0 aromatic heterocycles. The smallest absolute Gasteiger partial charge is 0.343 e. The number of nitro groups is 1. The molecule has 0 aliphatic carbocycles. The Hall–Kier alpha value is -1.45. The van der Waals surface area contributed by atoms with Crippen molar-refractivity contribution in [2.45, 2.75) is 6.10 Å². The van der Waals surface area contributed by atoms with E-state index in [1.807, 2.05) is 0 Å². The van der Waals surface area contributed by atoms with Gasteiger partial charge in [-0.2, -0.15) is 0 Å². The van der Waals surface area contributed by atoms with Crippen molar-refractivity contribution in [1.29, 1.82) is 0 Å². The van der Waals surface area contributed by atoms with Gasteiger partial charge >= 0.3 is 5.97 Å². The van der Waals surface area contributed by atoms with Crippen LogP contribution in [0.25, 0.3) is 0 Å². The van der Waals surface area contributed by atoms with Crippen molar-refractivity contribution >= 4 is 44.9 Å². The quantitative estimate of drug-likeness (QED) is 0.337. The number of aliphatic hydroxyl groups excluding tert-OH is 1. The summed E-state index contributed by atoms with van der Waals surface area (Å²) in [5.41, 5.74) is -1.54. The fraction of sp³-hybridized carbons (Fsp3) is 0.364. The first kappa shape index (κ1) is 17.6. The van der Waals surface area contributed by atoms with E-state index in [2.05, 4.69) is 26.0 Å². The van der Waals surface area contributed by atoms with Crippen molar-refractivity contribution in [3.63, 3.8) is 0 Å². The molecule has 1 aromatic rings. The Labute approximate surface area is 132 Å². The van der Waals surface area contributed by atoms with Gasteiger partial charge in [0.25, 0.3) is 5.69 Å². The molecule has 1 aromatic carbocycles. The lowest BCUT2D eigenvalue weighted by atomic mass is 10.1. The first-order valence-electron chi connectivity index (χ1n) is 5.56. The standard InChI is InChI=1S/C11H11BrClFN2O5/c1-21-11(18)8-9(14)6(12)2-7(16(19)20)10(8)15-4-5(17)3-13/h2,5,15,17H,3-4H2,1H3. The summed E-state index contributed by atoms with van der Waals surface area (Å²) in [6.45, 7) is -0.199. The highest BCUT2D eigenvalue weighted by Crippen LogP contribution is 2.35. The molecule has 1 atom stereocenters. The molecule has 0 saturated heterocycles. The fourth-order valence-electron chi connectivity index (χ4n) is 1.50. The number of ether oxygens (including phenoxy) is 1. The summed E-state index contributed by atoms with van der Waals surface area (Å²) in [7, 11) is 1.02. The fourth-order valence-corrected chi connectivity index (χ4v) is 2.03. The minimum Gasteiger partial charge on any atom is -0.465 e. The number of benzene rings is 1. The average Bonchev–Trinajstić information content (AvgIpc) is 2.46. The Bertz CT molecular complexity index is 572. The normalized spacial score (nSPS) is 11.9. The van der Waals surface area contributed by atoms with Crippen LogP contribution in [0.1, 0.15) is 10.4 Å². The highest BCUT2D eigenvalue weighted by Gasteiger charge is 2.29. The number of hydrogen-bond acceptors (Lipinski definition) is 6. The Morgan fingerprint density at radius 1 is 1.71 bits per heavy atom. The van der Waals surface area contributed by atoms with Crippen molar-refractivity contribution < 1.29 is 24.0 Å². The zero-order valence-corrected chi connectivity index (χ0v) is 13.1. The summed E-state index contributed by atoms with van der Waals surface area (Å²) in [5, 5.41) is 22.9. The molecule has 2 N–H and O–H groups in total. The summed E-state index contributed by atoms with van der Waals surface area (Å²) < 4.78 is 18.2. The van der Waals surface area contributed by atoms with Gasteiger partial charge in [0.05, 0.1) is 28.5 Å². The lowest BCUT2D eigenvalue weighted by Crippen LogP contribution is -2.23. The third-order valence-corrected chi connectivity index (χ3v) is 3.41. The number of nitro benzene ring substituents is 1. The number of nitrogens with zero attached hydrogens (tertiary/aromatic N) is 1. The number of nitrogens with one attached hydrogen (secondary N) is 1. The molecule has 0 aliphatic rings. The van der Waals surface area contributed by atoms with Gasteiger partial charge in [-0.1, -0.05) is 0 Å². The number of esters is 1. The Morgan fingerprint density at radius 2 is 2.33 bits per heavy atom. The highest BCUT2D eigenvalue weighted by atomic mass is 79.9. The van der Waals surface area contributed by atoms with Gasteiger partial charge < -0.3 is 15.2 Å². The van der Waals surface area contributed by atoms with Crippen LogP contribution in [-0.4, -0.2) is 41.6 Å². The number of aliphatic hydroxyl groups is 1. The molecule has 0 spiro atoms. The second-order valence-electron chi connectivity index (χ2n) is 3.88. The number of rotatable bonds is 6. The minimum absolute atomic E-state index is 0.132. The number of hydrogen-bond donors (Lipinski definition) is 2. The van der Waals surface area contributed by atoms with Crippen molar-refractivity contribution in [3.8, 4) is 0 Å². The van der Waals surface area contributed by atoms with Gasteiger partial charge in [0.15, 0.2) is 5.82 Å². The Balaban J connectivity index is 3.43. The lowest BCUT2D eigenvalue weighted by molar-refractivity contribution is -0.384. The van der Waals surface area contributed by atoms with E-state index < -0.39 is 34.1 Å². The van der Waals surface area contributed by atoms with E-state index in [1.54, 1.807) is 0 Å². The number of alkyl halides is 1. The van der Waals surface area contributed by atoms with Crippen molar-refractivity contribution in [1.82, 2.24) is 0 Å². The van der Waals surface area contributed by atoms with Gasteiger partial charge in [-0.15, -0.1) is 11.6 Å². The first-order chi connectivity index (χ1) is 9.83. The minimum atomic E-state index is -1.08. The van der Waals surface area contributed by atoms with Gasteiger partial charge in [0.2, 0.25) is 0 Å². The lowest BCUT2D eigenvalue weighted by Gasteiger charge is -2.14. The SMILES string of the molecule is COC(=O)c1c(F)c(Br)cc([N+](=O)[O-])c1NCC(O)CCl. The van der Waals surface area contributed by atoms with Gasteiger partial charge in [0.1, 0.15) is 11.3 Å². The van der Waals surface area contributed by atoms with Gasteiger partial charge in [-0.05, 0) is 15.9 Å². The molecule has 10 heteroatoms. The summed E-state index contributed by atoms with van der Waals surface area (Å²) >= 11 is 8.21. The van der Waals surface area contributed by atoms with E-state index in [0.29, 0.717) is 0 Å². The summed E-state index contributed by atoms with van der Waals surface area (Å²) in [5.74, 6) is -2.22. The molecule has 0 saturated carbocycles. The predicted molar refractivity (Wildman–Crippen MR) is 77.3 cm³/mol. The largest absolute Gasteiger partial charge is 0.465 e. The number of carbonyl (C=O) groups is 1. The monoisotopic (exact) mass is 384 g/mol. The maximum atomic E-state index is 14.1. The molecule has 0 amide bonds. The summed E-state index contributed by atoms with van der Waals surface area (Å²) in [6.07, 6.45) is -1.02. The summed E-state index contributed by atoms with van der Waals surface area (Å²) in [6, 6.07) is 0.914. The third kappa shape index (κ3) is 4.02. The Morgan fingerprint density at radius 3 is 2.81 bits per heavy atom. The second kappa shape index (κ2) is 7.53. The van der Waals surface area contributed by atoms with Crippen LogP contribution in [0.2, 0.25) is 0 Å². The molecule has 0 aliphatic heterocycles. The molecule has 0 fully saturated rings. The zero-order chi connectivity index (χ0) is 16.2. The van der Waals surface area contributed by atoms with Crippen LogP contribution < -0.4 is 5.32 Å². The topological polar surface area (TPSA) is 102 Å². The average molecular weight is 386 g/mol. The molecule has 1 rings (SSSR count). The molecular weight excluding hydrogens is 374 g/mol. The van der Waals surface area contributed by atoms with E-state index in [0.717, 1.165) is 13.2 Å². The summed E-state index contributed by atoms with van der Waals surface area (Å²) in [4.78, 5) is 21.9. The Kier molecular flexibility index (Phi) is 6.31. The molecule has 0 heterocycles.